The van der Waals surface area contributed by atoms with Crippen molar-refractivity contribution in [2.75, 3.05) is 13.1 Å². The standard InChI is InChI=1S/C8H16BNO2/c1-9(12)10-5-2-3-8(7-10)4-6-11/h6,8,12H,2-5,7H2,1H3. The van der Waals surface area contributed by atoms with E-state index in [9.17, 15) is 9.82 Å². The molecule has 4 heteroatoms. The molecule has 0 saturated carbocycles. The van der Waals surface area contributed by atoms with Gasteiger partial charge in [0.25, 0.3) is 0 Å². The van der Waals surface area contributed by atoms with Crippen molar-refractivity contribution >= 4 is 13.3 Å². The Morgan fingerprint density at radius 3 is 3.08 bits per heavy atom. The number of nitrogens with zero attached hydrogens (tertiary/aromatic N) is 1. The molecule has 1 atom stereocenters. The zero-order valence-corrected chi connectivity index (χ0v) is 7.57. The summed E-state index contributed by atoms with van der Waals surface area (Å²) in [5.74, 6) is 0.464. The number of carbonyl (C=O) groups is 1. The third-order valence-corrected chi connectivity index (χ3v) is 2.51. The van der Waals surface area contributed by atoms with Crippen molar-refractivity contribution in [3.8, 4) is 0 Å². The van der Waals surface area contributed by atoms with Gasteiger partial charge in [-0.15, -0.1) is 0 Å². The molecule has 1 fully saturated rings. The van der Waals surface area contributed by atoms with Crippen LogP contribution in [0.4, 0.5) is 0 Å². The molecule has 12 heavy (non-hydrogen) atoms. The minimum absolute atomic E-state index is 0.362. The minimum atomic E-state index is -0.362. The molecule has 0 aliphatic carbocycles. The summed E-state index contributed by atoms with van der Waals surface area (Å²) < 4.78 is 0. The number of aldehydes is 1. The summed E-state index contributed by atoms with van der Waals surface area (Å²) in [5, 5.41) is 9.30. The van der Waals surface area contributed by atoms with Gasteiger partial charge < -0.3 is 14.6 Å². The topological polar surface area (TPSA) is 40.5 Å². The number of hydrogen-bond acceptors (Lipinski definition) is 3. The van der Waals surface area contributed by atoms with Crippen molar-refractivity contribution in [2.45, 2.75) is 26.1 Å². The lowest BCUT2D eigenvalue weighted by atomic mass is 9.80. The quantitative estimate of drug-likeness (QED) is 0.491. The van der Waals surface area contributed by atoms with E-state index in [-0.39, 0.29) is 7.05 Å². The van der Waals surface area contributed by atoms with E-state index in [2.05, 4.69) is 0 Å². The number of rotatable bonds is 3. The summed E-state index contributed by atoms with van der Waals surface area (Å²) in [5.41, 5.74) is 0. The summed E-state index contributed by atoms with van der Waals surface area (Å²) in [6.45, 7) is 3.62. The molecule has 0 aromatic heterocycles. The molecule has 68 valence electrons. The smallest absolute Gasteiger partial charge is 0.376 e. The highest BCUT2D eigenvalue weighted by Crippen LogP contribution is 2.18. The molecular formula is C8H16BNO2. The van der Waals surface area contributed by atoms with E-state index in [1.165, 1.54) is 0 Å². The summed E-state index contributed by atoms with van der Waals surface area (Å²) in [6.07, 6.45) is 3.85. The van der Waals surface area contributed by atoms with E-state index in [1.54, 1.807) is 6.82 Å². The molecule has 1 aliphatic rings. The highest BCUT2D eigenvalue weighted by Gasteiger charge is 2.24. The highest BCUT2D eigenvalue weighted by atomic mass is 16.2. The Morgan fingerprint density at radius 2 is 2.50 bits per heavy atom. The Balaban J connectivity index is 2.34. The first-order chi connectivity index (χ1) is 5.74. The molecule has 0 radical (unpaired) electrons. The molecule has 1 aliphatic heterocycles. The van der Waals surface area contributed by atoms with Crippen LogP contribution in [0.5, 0.6) is 0 Å². The summed E-state index contributed by atoms with van der Waals surface area (Å²) in [4.78, 5) is 12.3. The SMILES string of the molecule is CB(O)N1CCCC(CC=O)C1. The van der Waals surface area contributed by atoms with Gasteiger partial charge in [-0.05, 0) is 38.7 Å². The second kappa shape index (κ2) is 4.62. The van der Waals surface area contributed by atoms with E-state index in [0.717, 1.165) is 32.2 Å². The van der Waals surface area contributed by atoms with Crippen molar-refractivity contribution < 1.29 is 9.82 Å². The molecule has 1 unspecified atom stereocenters. The lowest BCUT2D eigenvalue weighted by Crippen LogP contribution is -2.44. The molecule has 1 N–H and O–H groups in total. The zero-order chi connectivity index (χ0) is 8.97. The maximum Gasteiger partial charge on any atom is 0.376 e. The first-order valence-corrected chi connectivity index (χ1v) is 4.59. The predicted octanol–water partition coefficient (Wildman–Crippen LogP) is 0.398. The molecule has 1 saturated heterocycles. The molecule has 0 spiro atoms. The molecule has 0 aromatic carbocycles. The van der Waals surface area contributed by atoms with Crippen LogP contribution in [0.3, 0.4) is 0 Å². The van der Waals surface area contributed by atoms with Gasteiger partial charge in [0, 0.05) is 6.42 Å². The van der Waals surface area contributed by atoms with Gasteiger partial charge in [-0.25, -0.2) is 0 Å². The van der Waals surface area contributed by atoms with Crippen LogP contribution in [-0.2, 0) is 4.79 Å². The van der Waals surface area contributed by atoms with Crippen LogP contribution in [0.1, 0.15) is 19.3 Å². The van der Waals surface area contributed by atoms with E-state index in [0.29, 0.717) is 12.3 Å². The van der Waals surface area contributed by atoms with E-state index in [4.69, 9.17) is 0 Å². The largest absolute Gasteiger partial charge is 0.437 e. The molecular weight excluding hydrogens is 153 g/mol. The average Bonchev–Trinajstić information content (AvgIpc) is 2.05. The van der Waals surface area contributed by atoms with Gasteiger partial charge >= 0.3 is 7.05 Å². The number of piperidine rings is 1. The summed E-state index contributed by atoms with van der Waals surface area (Å²) in [6, 6.07) is 0. The number of hydrogen-bond donors (Lipinski definition) is 1. The highest BCUT2D eigenvalue weighted by molar-refractivity contribution is 6.45. The second-order valence-electron chi connectivity index (χ2n) is 3.54. The summed E-state index contributed by atoms with van der Waals surface area (Å²) >= 11 is 0. The predicted molar refractivity (Wildman–Crippen MR) is 48.8 cm³/mol. The van der Waals surface area contributed by atoms with Crippen LogP contribution in [0.15, 0.2) is 0 Å². The Hall–Kier alpha value is -0.345. The fourth-order valence-electron chi connectivity index (χ4n) is 1.77. The normalized spacial score (nSPS) is 25.3. The van der Waals surface area contributed by atoms with Crippen molar-refractivity contribution in [3.63, 3.8) is 0 Å². The van der Waals surface area contributed by atoms with E-state index in [1.807, 2.05) is 4.81 Å². The zero-order valence-electron chi connectivity index (χ0n) is 7.57. The van der Waals surface area contributed by atoms with Gasteiger partial charge in [0.1, 0.15) is 6.29 Å². The van der Waals surface area contributed by atoms with Crippen molar-refractivity contribution in [1.29, 1.82) is 0 Å². The Morgan fingerprint density at radius 1 is 1.75 bits per heavy atom. The number of carbonyl (C=O) groups excluding carboxylic acids is 1. The third kappa shape index (κ3) is 2.61. The molecule has 1 rings (SSSR count). The first-order valence-electron chi connectivity index (χ1n) is 4.59. The average molecular weight is 169 g/mol. The maximum atomic E-state index is 10.3. The lowest BCUT2D eigenvalue weighted by Gasteiger charge is -2.32. The van der Waals surface area contributed by atoms with Crippen molar-refractivity contribution in [3.05, 3.63) is 0 Å². The van der Waals surface area contributed by atoms with E-state index < -0.39 is 0 Å². The van der Waals surface area contributed by atoms with Crippen LogP contribution in [0.2, 0.25) is 6.82 Å². The van der Waals surface area contributed by atoms with Gasteiger partial charge in [0.2, 0.25) is 0 Å². The second-order valence-corrected chi connectivity index (χ2v) is 3.54. The lowest BCUT2D eigenvalue weighted by molar-refractivity contribution is -0.108. The Kier molecular flexibility index (Phi) is 3.75. The first kappa shape index (κ1) is 9.74. The van der Waals surface area contributed by atoms with Gasteiger partial charge in [-0.3, -0.25) is 0 Å². The third-order valence-electron chi connectivity index (χ3n) is 2.51. The Bertz CT molecular complexity index is 152. The van der Waals surface area contributed by atoms with Crippen LogP contribution >= 0.6 is 0 Å². The Labute approximate surface area is 73.9 Å². The summed E-state index contributed by atoms with van der Waals surface area (Å²) in [7, 11) is -0.362. The molecule has 0 bridgehead atoms. The fraction of sp³-hybridized carbons (Fsp3) is 0.875. The minimum Gasteiger partial charge on any atom is -0.437 e. The van der Waals surface area contributed by atoms with Crippen LogP contribution in [0.25, 0.3) is 0 Å². The van der Waals surface area contributed by atoms with Crippen LogP contribution < -0.4 is 0 Å². The van der Waals surface area contributed by atoms with Crippen molar-refractivity contribution in [2.24, 2.45) is 5.92 Å². The van der Waals surface area contributed by atoms with E-state index >= 15 is 0 Å². The van der Waals surface area contributed by atoms with Crippen LogP contribution in [-0.4, -0.2) is 36.3 Å². The monoisotopic (exact) mass is 169 g/mol. The van der Waals surface area contributed by atoms with Gasteiger partial charge in [0.05, 0.1) is 0 Å². The van der Waals surface area contributed by atoms with Crippen molar-refractivity contribution in [1.82, 2.24) is 4.81 Å². The van der Waals surface area contributed by atoms with Gasteiger partial charge in [-0.2, -0.15) is 0 Å². The van der Waals surface area contributed by atoms with Gasteiger partial charge in [-0.1, -0.05) is 0 Å². The van der Waals surface area contributed by atoms with Gasteiger partial charge in [0.15, 0.2) is 0 Å². The molecule has 1 heterocycles. The fourth-order valence-corrected chi connectivity index (χ4v) is 1.77. The maximum absolute atomic E-state index is 10.3. The molecule has 0 amide bonds. The van der Waals surface area contributed by atoms with Crippen LogP contribution in [0, 0.1) is 5.92 Å². The molecule has 0 aromatic rings. The molecule has 3 nitrogen and oxygen atoms in total.